The number of halogens is 7. The highest BCUT2D eigenvalue weighted by atomic mass is 127. The molecule has 0 fully saturated rings. The maximum Gasteiger partial charge on any atom is 0.417 e. The first-order valence-corrected chi connectivity index (χ1v) is 9.12. The second-order valence-electron chi connectivity index (χ2n) is 5.51. The van der Waals surface area contributed by atoms with Gasteiger partial charge in [0.2, 0.25) is 0 Å². The van der Waals surface area contributed by atoms with Crippen molar-refractivity contribution in [3.63, 3.8) is 0 Å². The third-order valence-electron chi connectivity index (χ3n) is 3.66. The topological polar surface area (TPSA) is 42.0 Å². The quantitative estimate of drug-likeness (QED) is 0.355. The molecular weight excluding hydrogens is 489 g/mol. The molecule has 0 aliphatic heterocycles. The molecule has 1 aromatic carbocycles. The normalized spacial score (nSPS) is 12.1. The van der Waals surface area contributed by atoms with Crippen molar-refractivity contribution in [3.8, 4) is 0 Å². The van der Waals surface area contributed by atoms with E-state index in [4.69, 9.17) is 0 Å². The number of rotatable bonds is 5. The Morgan fingerprint density at radius 2 is 1.74 bits per heavy atom. The number of nitrogens with zero attached hydrogens (tertiary/aromatic N) is 1. The van der Waals surface area contributed by atoms with Crippen LogP contribution in [0.5, 0.6) is 0 Å². The zero-order valence-electron chi connectivity index (χ0n) is 13.6. The van der Waals surface area contributed by atoms with Gasteiger partial charge in [-0.15, -0.1) is 0 Å². The first kappa shape index (κ1) is 21.5. The summed E-state index contributed by atoms with van der Waals surface area (Å²) in [6.07, 6.45) is -8.39. The third-order valence-corrected chi connectivity index (χ3v) is 4.48. The van der Waals surface area contributed by atoms with Crippen LogP contribution in [-0.4, -0.2) is 17.4 Å². The van der Waals surface area contributed by atoms with Crippen LogP contribution < -0.4 is 5.32 Å². The number of alkyl halides is 7. The molecule has 0 saturated carbocycles. The zero-order valence-corrected chi connectivity index (χ0v) is 15.7. The fourth-order valence-corrected chi connectivity index (χ4v) is 3.01. The van der Waals surface area contributed by atoms with Crippen molar-refractivity contribution in [3.05, 3.63) is 64.5 Å². The monoisotopic (exact) mass is 502 g/mol. The van der Waals surface area contributed by atoms with Crippen LogP contribution in [0.15, 0.2) is 36.5 Å². The number of carbonyl (C=O) groups is 1. The standard InChI is InChI=1S/C17H13F6IN2O/c18-16(19,20)11-7-10(8-24)14(26-9-11)5-6-25-15(27)12-3-1-2-4-13(12)17(21,22)23/h1-4,7,9H,5-6,8H2,(H,25,27). The van der Waals surface area contributed by atoms with Gasteiger partial charge in [0, 0.05) is 29.3 Å². The van der Waals surface area contributed by atoms with Crippen LogP contribution in [0.1, 0.15) is 32.7 Å². The predicted molar refractivity (Wildman–Crippen MR) is 94.4 cm³/mol. The molecule has 1 heterocycles. The maximum absolute atomic E-state index is 12.9. The van der Waals surface area contributed by atoms with Gasteiger partial charge in [-0.05, 0) is 23.8 Å². The van der Waals surface area contributed by atoms with Crippen LogP contribution in [0, 0.1) is 0 Å². The Hall–Kier alpha value is -1.85. The van der Waals surface area contributed by atoms with Crippen molar-refractivity contribution in [2.45, 2.75) is 23.2 Å². The third kappa shape index (κ3) is 5.56. The van der Waals surface area contributed by atoms with Gasteiger partial charge in [-0.25, -0.2) is 0 Å². The lowest BCUT2D eigenvalue weighted by Gasteiger charge is -2.14. The molecule has 0 unspecified atom stereocenters. The van der Waals surface area contributed by atoms with E-state index in [1.165, 1.54) is 12.1 Å². The molecule has 146 valence electrons. The number of benzene rings is 1. The number of pyridine rings is 1. The van der Waals surface area contributed by atoms with E-state index in [1.807, 2.05) is 22.6 Å². The predicted octanol–water partition coefficient (Wildman–Crippen LogP) is 5.03. The van der Waals surface area contributed by atoms with Gasteiger partial charge in [0.1, 0.15) is 0 Å². The van der Waals surface area contributed by atoms with E-state index in [9.17, 15) is 31.1 Å². The summed E-state index contributed by atoms with van der Waals surface area (Å²) in [4.78, 5) is 15.8. The SMILES string of the molecule is O=C(NCCc1ncc(C(F)(F)F)cc1CI)c1ccccc1C(F)(F)F. The molecule has 2 rings (SSSR count). The van der Waals surface area contributed by atoms with Gasteiger partial charge in [0.05, 0.1) is 16.7 Å². The van der Waals surface area contributed by atoms with Crippen molar-refractivity contribution >= 4 is 28.5 Å². The summed E-state index contributed by atoms with van der Waals surface area (Å²) in [6.45, 7) is -0.0625. The average molecular weight is 502 g/mol. The molecule has 3 nitrogen and oxygen atoms in total. The Morgan fingerprint density at radius 3 is 2.33 bits per heavy atom. The highest BCUT2D eigenvalue weighted by Gasteiger charge is 2.35. The van der Waals surface area contributed by atoms with Crippen molar-refractivity contribution in [1.82, 2.24) is 10.3 Å². The van der Waals surface area contributed by atoms with Crippen LogP contribution in [-0.2, 0) is 23.2 Å². The summed E-state index contributed by atoms with van der Waals surface area (Å²) in [5.74, 6) is -0.911. The van der Waals surface area contributed by atoms with E-state index in [-0.39, 0.29) is 17.4 Å². The molecule has 0 atom stereocenters. The second-order valence-corrected chi connectivity index (χ2v) is 6.27. The molecule has 27 heavy (non-hydrogen) atoms. The smallest absolute Gasteiger partial charge is 0.352 e. The van der Waals surface area contributed by atoms with Gasteiger partial charge in [0.25, 0.3) is 5.91 Å². The average Bonchev–Trinajstić information content (AvgIpc) is 2.60. The molecule has 0 saturated heterocycles. The molecule has 1 N–H and O–H groups in total. The fourth-order valence-electron chi connectivity index (χ4n) is 2.35. The Balaban J connectivity index is 2.08. The molecule has 0 aliphatic rings. The minimum atomic E-state index is -4.67. The van der Waals surface area contributed by atoms with E-state index < -0.39 is 35.0 Å². The molecular formula is C17H13F6IN2O. The summed E-state index contributed by atoms with van der Waals surface area (Å²) in [6, 6.07) is 5.34. The molecule has 0 bridgehead atoms. The number of amides is 1. The molecule has 10 heteroatoms. The first-order valence-electron chi connectivity index (χ1n) is 7.59. The van der Waals surface area contributed by atoms with Gasteiger partial charge in [-0.2, -0.15) is 26.3 Å². The minimum Gasteiger partial charge on any atom is -0.352 e. The lowest BCUT2D eigenvalue weighted by molar-refractivity contribution is -0.138. The van der Waals surface area contributed by atoms with Gasteiger partial charge in [-0.1, -0.05) is 34.7 Å². The summed E-state index contributed by atoms with van der Waals surface area (Å²) >= 11 is 1.89. The van der Waals surface area contributed by atoms with E-state index in [0.29, 0.717) is 17.5 Å². The largest absolute Gasteiger partial charge is 0.417 e. The van der Waals surface area contributed by atoms with Crippen molar-refractivity contribution in [2.24, 2.45) is 0 Å². The van der Waals surface area contributed by atoms with Gasteiger partial charge < -0.3 is 5.32 Å². The lowest BCUT2D eigenvalue weighted by atomic mass is 10.1. The molecule has 0 spiro atoms. The highest BCUT2D eigenvalue weighted by molar-refractivity contribution is 14.1. The van der Waals surface area contributed by atoms with Gasteiger partial charge >= 0.3 is 12.4 Å². The molecule has 0 radical (unpaired) electrons. The van der Waals surface area contributed by atoms with Crippen LogP contribution in [0.2, 0.25) is 0 Å². The minimum absolute atomic E-state index is 0.0625. The van der Waals surface area contributed by atoms with E-state index in [0.717, 1.165) is 18.2 Å². The molecule has 1 amide bonds. The maximum atomic E-state index is 12.9. The number of carbonyl (C=O) groups excluding carboxylic acids is 1. The van der Waals surface area contributed by atoms with E-state index in [1.54, 1.807) is 0 Å². The summed E-state index contributed by atoms with van der Waals surface area (Å²) in [7, 11) is 0. The number of aromatic nitrogens is 1. The highest BCUT2D eigenvalue weighted by Crippen LogP contribution is 2.32. The Labute approximate surface area is 164 Å². The van der Waals surface area contributed by atoms with Crippen molar-refractivity contribution < 1.29 is 31.1 Å². The fraction of sp³-hybridized carbons (Fsp3) is 0.294. The van der Waals surface area contributed by atoms with E-state index >= 15 is 0 Å². The van der Waals surface area contributed by atoms with Gasteiger partial charge in [-0.3, -0.25) is 9.78 Å². The molecule has 2 aromatic rings. The number of nitrogens with one attached hydrogen (secondary N) is 1. The first-order chi connectivity index (χ1) is 12.5. The molecule has 1 aromatic heterocycles. The Bertz CT molecular complexity index is 820. The van der Waals surface area contributed by atoms with Crippen molar-refractivity contribution in [1.29, 1.82) is 0 Å². The lowest BCUT2D eigenvalue weighted by Crippen LogP contribution is -2.28. The summed E-state index contributed by atoms with van der Waals surface area (Å²) in [5.41, 5.74) is -1.74. The summed E-state index contributed by atoms with van der Waals surface area (Å²) < 4.78 is 77.3. The van der Waals surface area contributed by atoms with Crippen LogP contribution in [0.3, 0.4) is 0 Å². The Morgan fingerprint density at radius 1 is 1.07 bits per heavy atom. The second kappa shape index (κ2) is 8.44. The number of hydrogen-bond acceptors (Lipinski definition) is 2. The van der Waals surface area contributed by atoms with Crippen molar-refractivity contribution in [2.75, 3.05) is 6.54 Å². The van der Waals surface area contributed by atoms with Crippen LogP contribution in [0.25, 0.3) is 0 Å². The van der Waals surface area contributed by atoms with E-state index in [2.05, 4.69) is 10.3 Å². The van der Waals surface area contributed by atoms with Crippen LogP contribution in [0.4, 0.5) is 26.3 Å². The Kier molecular flexibility index (Phi) is 6.71. The van der Waals surface area contributed by atoms with Gasteiger partial charge in [0.15, 0.2) is 0 Å². The number of hydrogen-bond donors (Lipinski definition) is 1. The molecule has 0 aliphatic carbocycles. The summed E-state index contributed by atoms with van der Waals surface area (Å²) in [5, 5.41) is 2.35. The van der Waals surface area contributed by atoms with Crippen LogP contribution >= 0.6 is 22.6 Å². The zero-order chi connectivity index (χ0) is 20.2.